The number of hydrogen-bond acceptors (Lipinski definition) is 2. The third kappa shape index (κ3) is 7.99. The highest BCUT2D eigenvalue weighted by Crippen LogP contribution is 2.38. The van der Waals surface area contributed by atoms with Gasteiger partial charge < -0.3 is 9.47 Å². The number of unbranched alkanes of at least 4 members (excludes halogenated alkanes) is 1. The predicted octanol–water partition coefficient (Wildman–Crippen LogP) is 7.65. The minimum absolute atomic E-state index is 0.0000145. The number of benzene rings is 1. The van der Waals surface area contributed by atoms with Gasteiger partial charge in [-0.15, -0.1) is 0 Å². The molecule has 0 saturated carbocycles. The molecular formula is C25H42O2. The van der Waals surface area contributed by atoms with E-state index in [9.17, 15) is 0 Å². The average Bonchev–Trinajstić information content (AvgIpc) is 2.58. The molecule has 1 atom stereocenters. The fraction of sp³-hybridized carbons (Fsp3) is 0.680. The fourth-order valence-electron chi connectivity index (χ4n) is 3.03. The van der Waals surface area contributed by atoms with Crippen LogP contribution in [0.5, 0.6) is 11.5 Å². The van der Waals surface area contributed by atoms with Crippen LogP contribution in [0.1, 0.15) is 92.2 Å². The standard InChI is InChI=1S/C25H42O2/c1-10-12-13-19(11-2)18-27-23-16-20(14-15-24(3,4)5)22(26-9)17-21(23)25(6,7)8/h14-17,19H,10-13,18H2,1-9H3/b15-14+. The van der Waals surface area contributed by atoms with Gasteiger partial charge in [0.05, 0.1) is 13.7 Å². The first-order valence-electron chi connectivity index (χ1n) is 10.6. The first-order valence-corrected chi connectivity index (χ1v) is 10.6. The van der Waals surface area contributed by atoms with Gasteiger partial charge >= 0.3 is 0 Å². The molecule has 0 spiro atoms. The Morgan fingerprint density at radius 2 is 1.67 bits per heavy atom. The summed E-state index contributed by atoms with van der Waals surface area (Å²) < 4.78 is 12.1. The Balaban J connectivity index is 3.23. The summed E-state index contributed by atoms with van der Waals surface area (Å²) in [6.07, 6.45) is 9.31. The first-order chi connectivity index (χ1) is 12.5. The Morgan fingerprint density at radius 1 is 1.00 bits per heavy atom. The van der Waals surface area contributed by atoms with Gasteiger partial charge in [-0.3, -0.25) is 0 Å². The molecule has 0 fully saturated rings. The van der Waals surface area contributed by atoms with E-state index < -0.39 is 0 Å². The molecule has 1 aromatic carbocycles. The van der Waals surface area contributed by atoms with Crippen LogP contribution < -0.4 is 9.47 Å². The van der Waals surface area contributed by atoms with E-state index in [0.29, 0.717) is 5.92 Å². The molecule has 0 saturated heterocycles. The second kappa shape index (κ2) is 10.2. The third-order valence-electron chi connectivity index (χ3n) is 4.92. The third-order valence-corrected chi connectivity index (χ3v) is 4.92. The molecule has 0 aliphatic carbocycles. The van der Waals surface area contributed by atoms with Gasteiger partial charge in [0.1, 0.15) is 11.5 Å². The first kappa shape index (κ1) is 23.6. The van der Waals surface area contributed by atoms with Crippen molar-refractivity contribution in [2.45, 2.75) is 86.5 Å². The molecule has 0 heterocycles. The minimum Gasteiger partial charge on any atom is -0.496 e. The molecule has 2 nitrogen and oxygen atoms in total. The average molecular weight is 375 g/mol. The lowest BCUT2D eigenvalue weighted by Crippen LogP contribution is -2.17. The van der Waals surface area contributed by atoms with Gasteiger partial charge in [-0.2, -0.15) is 0 Å². The van der Waals surface area contributed by atoms with Crippen LogP contribution in [-0.4, -0.2) is 13.7 Å². The molecule has 1 rings (SSSR count). The van der Waals surface area contributed by atoms with Crippen LogP contribution >= 0.6 is 0 Å². The lowest BCUT2D eigenvalue weighted by molar-refractivity contribution is 0.228. The number of rotatable bonds is 9. The van der Waals surface area contributed by atoms with Crippen molar-refractivity contribution in [2.24, 2.45) is 11.3 Å². The summed E-state index contributed by atoms with van der Waals surface area (Å²) >= 11 is 0. The molecular weight excluding hydrogens is 332 g/mol. The van der Waals surface area contributed by atoms with Crippen molar-refractivity contribution in [3.63, 3.8) is 0 Å². The second-order valence-corrected chi connectivity index (χ2v) is 9.77. The van der Waals surface area contributed by atoms with E-state index in [1.54, 1.807) is 7.11 Å². The van der Waals surface area contributed by atoms with E-state index in [4.69, 9.17) is 9.47 Å². The van der Waals surface area contributed by atoms with Crippen molar-refractivity contribution < 1.29 is 9.47 Å². The highest BCUT2D eigenvalue weighted by atomic mass is 16.5. The Kier molecular flexibility index (Phi) is 8.91. The molecule has 0 N–H and O–H groups in total. The molecule has 0 aromatic heterocycles. The minimum atomic E-state index is 0.0000145. The quantitative estimate of drug-likeness (QED) is 0.442. The van der Waals surface area contributed by atoms with E-state index in [2.05, 4.69) is 79.7 Å². The SMILES string of the molecule is CCCCC(CC)COc1cc(/C=C/C(C)(C)C)c(OC)cc1C(C)(C)C. The van der Waals surface area contributed by atoms with E-state index in [1.807, 2.05) is 0 Å². The molecule has 0 aliphatic rings. The van der Waals surface area contributed by atoms with Crippen LogP contribution in [0, 0.1) is 11.3 Å². The van der Waals surface area contributed by atoms with Gasteiger partial charge in [-0.05, 0) is 35.3 Å². The maximum Gasteiger partial charge on any atom is 0.126 e. The molecule has 1 aromatic rings. The summed E-state index contributed by atoms with van der Waals surface area (Å²) in [5.41, 5.74) is 2.41. The molecule has 154 valence electrons. The van der Waals surface area contributed by atoms with E-state index in [0.717, 1.165) is 30.1 Å². The van der Waals surface area contributed by atoms with E-state index in [-0.39, 0.29) is 10.8 Å². The number of methoxy groups -OCH3 is 1. The molecule has 0 bridgehead atoms. The van der Waals surface area contributed by atoms with Crippen LogP contribution in [0.3, 0.4) is 0 Å². The van der Waals surface area contributed by atoms with Gasteiger partial charge in [-0.25, -0.2) is 0 Å². The van der Waals surface area contributed by atoms with Crippen LogP contribution in [0.4, 0.5) is 0 Å². The largest absolute Gasteiger partial charge is 0.496 e. The van der Waals surface area contributed by atoms with Gasteiger partial charge in [-0.1, -0.05) is 86.8 Å². The molecule has 0 amide bonds. The van der Waals surface area contributed by atoms with Gasteiger partial charge in [0.25, 0.3) is 0 Å². The van der Waals surface area contributed by atoms with Gasteiger partial charge in [0.15, 0.2) is 0 Å². The Morgan fingerprint density at radius 3 is 2.15 bits per heavy atom. The van der Waals surface area contributed by atoms with Crippen molar-refractivity contribution in [1.82, 2.24) is 0 Å². The lowest BCUT2D eigenvalue weighted by atomic mass is 9.85. The van der Waals surface area contributed by atoms with Crippen molar-refractivity contribution in [1.29, 1.82) is 0 Å². The van der Waals surface area contributed by atoms with Crippen LogP contribution in [0.2, 0.25) is 0 Å². The summed E-state index contributed by atoms with van der Waals surface area (Å²) in [6.45, 7) is 18.6. The smallest absolute Gasteiger partial charge is 0.126 e. The topological polar surface area (TPSA) is 18.5 Å². The predicted molar refractivity (Wildman–Crippen MR) is 119 cm³/mol. The van der Waals surface area contributed by atoms with E-state index in [1.165, 1.54) is 24.8 Å². The molecule has 0 aliphatic heterocycles. The molecule has 0 radical (unpaired) electrons. The van der Waals surface area contributed by atoms with Crippen molar-refractivity contribution in [3.8, 4) is 11.5 Å². The number of hydrogen-bond donors (Lipinski definition) is 0. The van der Waals surface area contributed by atoms with Crippen molar-refractivity contribution >= 4 is 6.08 Å². The zero-order valence-corrected chi connectivity index (χ0v) is 19.2. The van der Waals surface area contributed by atoms with Crippen molar-refractivity contribution in [2.75, 3.05) is 13.7 Å². The van der Waals surface area contributed by atoms with Crippen LogP contribution in [0.15, 0.2) is 18.2 Å². The summed E-state index contributed by atoms with van der Waals surface area (Å²) in [7, 11) is 1.74. The summed E-state index contributed by atoms with van der Waals surface area (Å²) in [6, 6.07) is 4.32. The highest BCUT2D eigenvalue weighted by molar-refractivity contribution is 5.63. The van der Waals surface area contributed by atoms with Crippen molar-refractivity contribution in [3.05, 3.63) is 29.3 Å². The monoisotopic (exact) mass is 374 g/mol. The Hall–Kier alpha value is -1.44. The van der Waals surface area contributed by atoms with Gasteiger partial charge in [0, 0.05) is 11.1 Å². The zero-order chi connectivity index (χ0) is 20.7. The normalized spacial score (nSPS) is 13.8. The molecule has 2 heteroatoms. The lowest BCUT2D eigenvalue weighted by Gasteiger charge is -2.26. The zero-order valence-electron chi connectivity index (χ0n) is 19.2. The van der Waals surface area contributed by atoms with Crippen LogP contribution in [0.25, 0.3) is 6.08 Å². The molecule has 27 heavy (non-hydrogen) atoms. The summed E-state index contributed by atoms with van der Waals surface area (Å²) in [5.74, 6) is 2.52. The van der Waals surface area contributed by atoms with Gasteiger partial charge in [0.2, 0.25) is 0 Å². The fourth-order valence-corrected chi connectivity index (χ4v) is 3.03. The van der Waals surface area contributed by atoms with E-state index >= 15 is 0 Å². The Bertz CT molecular complexity index is 600. The number of allylic oxidation sites excluding steroid dienone is 1. The maximum absolute atomic E-state index is 6.40. The summed E-state index contributed by atoms with van der Waals surface area (Å²) in [5, 5.41) is 0. The van der Waals surface area contributed by atoms with Crippen LogP contribution in [-0.2, 0) is 5.41 Å². The summed E-state index contributed by atoms with van der Waals surface area (Å²) in [4.78, 5) is 0. The number of ether oxygens (including phenoxy) is 2. The maximum atomic E-state index is 6.40. The highest BCUT2D eigenvalue weighted by Gasteiger charge is 2.22. The Labute approximate surface area is 168 Å². The molecule has 1 unspecified atom stereocenters. The second-order valence-electron chi connectivity index (χ2n) is 9.77.